The first kappa shape index (κ1) is 16.7. The number of benzene rings is 1. The molecule has 0 radical (unpaired) electrons. The summed E-state index contributed by atoms with van der Waals surface area (Å²) in [5, 5.41) is 0.690. The van der Waals surface area contributed by atoms with Crippen LogP contribution in [0.2, 0.25) is 5.02 Å². The van der Waals surface area contributed by atoms with Gasteiger partial charge in [0.15, 0.2) is 0 Å². The van der Waals surface area contributed by atoms with Crippen LogP contribution in [-0.4, -0.2) is 42.8 Å². The molecule has 0 amide bonds. The van der Waals surface area contributed by atoms with Gasteiger partial charge in [0.2, 0.25) is 0 Å². The van der Waals surface area contributed by atoms with Crippen LogP contribution in [-0.2, 0) is 9.53 Å². The number of piperidine rings is 1. The summed E-state index contributed by atoms with van der Waals surface area (Å²) < 4.78 is 18.1. The minimum Gasteiger partial charge on any atom is -0.460 e. The quantitative estimate of drug-likeness (QED) is 0.782. The minimum absolute atomic E-state index is 0.111. The molecule has 5 atom stereocenters. The highest BCUT2D eigenvalue weighted by atomic mass is 35.5. The van der Waals surface area contributed by atoms with Crippen LogP contribution in [0.1, 0.15) is 37.7 Å². The van der Waals surface area contributed by atoms with Crippen LogP contribution < -0.4 is 0 Å². The van der Waals surface area contributed by atoms with Gasteiger partial charge in [-0.15, -0.1) is 0 Å². The summed E-state index contributed by atoms with van der Waals surface area (Å²) >= 11 is 5.99. The van der Waals surface area contributed by atoms with Crippen LogP contribution in [0.3, 0.4) is 0 Å². The lowest BCUT2D eigenvalue weighted by Gasteiger charge is -2.42. The van der Waals surface area contributed by atoms with E-state index < -0.39 is 12.8 Å². The lowest BCUT2D eigenvalue weighted by molar-refractivity contribution is -0.158. The van der Waals surface area contributed by atoms with Crippen molar-refractivity contribution in [3.05, 3.63) is 34.9 Å². The van der Waals surface area contributed by atoms with Crippen LogP contribution in [0.15, 0.2) is 24.3 Å². The van der Waals surface area contributed by atoms with E-state index >= 15 is 0 Å². The van der Waals surface area contributed by atoms with Gasteiger partial charge in [-0.3, -0.25) is 9.69 Å². The zero-order valence-corrected chi connectivity index (χ0v) is 14.3. The van der Waals surface area contributed by atoms with Crippen molar-refractivity contribution >= 4 is 17.6 Å². The van der Waals surface area contributed by atoms with Crippen LogP contribution in [0.5, 0.6) is 0 Å². The van der Waals surface area contributed by atoms with E-state index in [0.717, 1.165) is 24.8 Å². The van der Waals surface area contributed by atoms with Gasteiger partial charge in [0.05, 0.1) is 5.92 Å². The summed E-state index contributed by atoms with van der Waals surface area (Å²) in [6, 6.07) is 8.40. The number of hydrogen-bond donors (Lipinski definition) is 0. The average Bonchev–Trinajstić information content (AvgIpc) is 2.78. The summed E-state index contributed by atoms with van der Waals surface area (Å²) in [4.78, 5) is 15.0. The number of hydrogen-bond acceptors (Lipinski definition) is 3. The molecule has 2 aliphatic rings. The molecule has 5 heteroatoms. The third-order valence-electron chi connectivity index (χ3n) is 5.37. The van der Waals surface area contributed by atoms with E-state index in [0.29, 0.717) is 11.1 Å². The Bertz CT molecular complexity index is 565. The van der Waals surface area contributed by atoms with Gasteiger partial charge in [-0.1, -0.05) is 23.7 Å². The minimum atomic E-state index is -0.683. The van der Waals surface area contributed by atoms with Crippen molar-refractivity contribution < 1.29 is 13.9 Å². The highest BCUT2D eigenvalue weighted by Crippen LogP contribution is 2.46. The van der Waals surface area contributed by atoms with Gasteiger partial charge >= 0.3 is 5.97 Å². The molecule has 0 aliphatic carbocycles. The first-order valence-electron chi connectivity index (χ1n) is 8.25. The summed E-state index contributed by atoms with van der Waals surface area (Å²) in [5.41, 5.74) is 1.12. The van der Waals surface area contributed by atoms with Gasteiger partial charge in [-0.05, 0) is 50.9 Å². The monoisotopic (exact) mass is 338 g/mol. The van der Waals surface area contributed by atoms with Crippen molar-refractivity contribution in [3.8, 4) is 0 Å². The first-order valence-corrected chi connectivity index (χ1v) is 8.63. The Kier molecular flexibility index (Phi) is 4.93. The van der Waals surface area contributed by atoms with Crippen molar-refractivity contribution in [3.63, 3.8) is 0 Å². The SMILES string of the molecule is CC(C[18F])OC(=O)C1C(c2ccc(Cl)cc2)CC2CCC1N2C. The Hall–Kier alpha value is -1.13. The number of carbonyl (C=O) groups is 1. The highest BCUT2D eigenvalue weighted by Gasteiger charge is 2.49. The van der Waals surface area contributed by atoms with Crippen molar-refractivity contribution in [2.24, 2.45) is 5.92 Å². The van der Waals surface area contributed by atoms with Gasteiger partial charge in [-0.25, -0.2) is 4.39 Å². The second kappa shape index (κ2) is 6.78. The number of esters is 1. The maximum Gasteiger partial charge on any atom is 0.311 e. The summed E-state index contributed by atoms with van der Waals surface area (Å²) in [6.07, 6.45) is 2.35. The molecule has 1 aromatic rings. The third-order valence-corrected chi connectivity index (χ3v) is 5.63. The van der Waals surface area contributed by atoms with Gasteiger partial charge in [0.1, 0.15) is 12.8 Å². The third kappa shape index (κ3) is 3.24. The normalized spacial score (nSPS) is 31.8. The summed E-state index contributed by atoms with van der Waals surface area (Å²) in [6.45, 7) is 0.951. The van der Waals surface area contributed by atoms with Crippen LogP contribution in [0.25, 0.3) is 0 Å². The van der Waals surface area contributed by atoms with E-state index in [1.54, 1.807) is 6.92 Å². The molecule has 0 saturated carbocycles. The second-order valence-corrected chi connectivity index (χ2v) is 7.22. The van der Waals surface area contributed by atoms with Crippen LogP contribution >= 0.6 is 11.6 Å². The second-order valence-electron chi connectivity index (χ2n) is 6.79. The molecule has 3 rings (SSSR count). The zero-order chi connectivity index (χ0) is 16.6. The number of rotatable bonds is 4. The number of nitrogens with zero attached hydrogens (tertiary/aromatic N) is 1. The van der Waals surface area contributed by atoms with E-state index in [-0.39, 0.29) is 23.8 Å². The molecule has 2 aliphatic heterocycles. The van der Waals surface area contributed by atoms with E-state index in [2.05, 4.69) is 11.9 Å². The molecule has 23 heavy (non-hydrogen) atoms. The van der Waals surface area contributed by atoms with Crippen molar-refractivity contribution in [2.75, 3.05) is 13.7 Å². The topological polar surface area (TPSA) is 29.5 Å². The predicted octanol–water partition coefficient (Wildman–Crippen LogP) is 3.81. The molecule has 126 valence electrons. The Morgan fingerprint density at radius 3 is 2.74 bits per heavy atom. The highest BCUT2D eigenvalue weighted by molar-refractivity contribution is 6.30. The summed E-state index contributed by atoms with van der Waals surface area (Å²) in [5.74, 6) is -0.401. The molecule has 0 N–H and O–H groups in total. The van der Waals surface area contributed by atoms with E-state index in [1.807, 2.05) is 24.3 Å². The Labute approximate surface area is 141 Å². The lowest BCUT2D eigenvalue weighted by atomic mass is 9.76. The maximum atomic E-state index is 12.7. The molecule has 2 bridgehead atoms. The van der Waals surface area contributed by atoms with E-state index in [9.17, 15) is 9.18 Å². The van der Waals surface area contributed by atoms with Gasteiger partial charge < -0.3 is 4.74 Å². The number of alkyl halides is 1. The maximum absolute atomic E-state index is 12.7. The predicted molar refractivity (Wildman–Crippen MR) is 88.4 cm³/mol. The van der Waals surface area contributed by atoms with Gasteiger partial charge in [-0.2, -0.15) is 0 Å². The fourth-order valence-corrected chi connectivity index (χ4v) is 4.28. The molecule has 2 saturated heterocycles. The molecule has 2 heterocycles. The van der Waals surface area contributed by atoms with Crippen molar-refractivity contribution in [2.45, 2.75) is 50.3 Å². The molecular weight excluding hydrogens is 316 g/mol. The fraction of sp³-hybridized carbons (Fsp3) is 0.611. The number of ether oxygens (including phenoxy) is 1. The molecule has 3 nitrogen and oxygen atoms in total. The largest absolute Gasteiger partial charge is 0.460 e. The number of carbonyl (C=O) groups excluding carboxylic acids is 1. The fourth-order valence-electron chi connectivity index (χ4n) is 4.15. The molecule has 0 spiro atoms. The Balaban J connectivity index is 1.89. The standard InChI is InChI=1S/C18H23ClFNO2/c1-11(10-20)23-18(22)17-15(12-3-5-13(19)6-4-12)9-14-7-8-16(17)21(14)2/h3-6,11,14-17H,7-10H2,1-2H3/i20-1. The lowest BCUT2D eigenvalue weighted by Crippen LogP contribution is -2.49. The first-order chi connectivity index (χ1) is 11.0. The molecule has 5 unspecified atom stereocenters. The smallest absolute Gasteiger partial charge is 0.311 e. The average molecular weight is 339 g/mol. The van der Waals surface area contributed by atoms with Crippen molar-refractivity contribution in [1.82, 2.24) is 4.90 Å². The molecule has 1 aromatic carbocycles. The van der Waals surface area contributed by atoms with E-state index in [1.165, 1.54) is 0 Å². The zero-order valence-electron chi connectivity index (χ0n) is 13.5. The van der Waals surface area contributed by atoms with Crippen LogP contribution in [0.4, 0.5) is 4.39 Å². The van der Waals surface area contributed by atoms with Crippen LogP contribution in [0, 0.1) is 5.92 Å². The Morgan fingerprint density at radius 2 is 2.09 bits per heavy atom. The Morgan fingerprint density at radius 1 is 1.39 bits per heavy atom. The molecule has 0 aromatic heterocycles. The van der Waals surface area contributed by atoms with E-state index in [4.69, 9.17) is 16.3 Å². The van der Waals surface area contributed by atoms with Gasteiger partial charge in [0.25, 0.3) is 0 Å². The molecule has 2 fully saturated rings. The number of fused-ring (bicyclic) bond motifs is 2. The summed E-state index contributed by atoms with van der Waals surface area (Å²) in [7, 11) is 2.08. The van der Waals surface area contributed by atoms with Crippen molar-refractivity contribution in [1.29, 1.82) is 0 Å². The molecular formula is C18H23ClFNO2. The van der Waals surface area contributed by atoms with Gasteiger partial charge in [0, 0.05) is 23.0 Å². The number of halogens is 2.